The van der Waals surface area contributed by atoms with Gasteiger partial charge in [0.2, 0.25) is 5.28 Å². The van der Waals surface area contributed by atoms with Gasteiger partial charge in [-0.3, -0.25) is 9.78 Å². The molecular weight excluding hydrogens is 374 g/mol. The molecule has 0 spiro atoms. The third-order valence-corrected chi connectivity index (χ3v) is 5.49. The zero-order valence-corrected chi connectivity index (χ0v) is 15.6. The van der Waals surface area contributed by atoms with Gasteiger partial charge >= 0.3 is 0 Å². The summed E-state index contributed by atoms with van der Waals surface area (Å²) < 4.78 is 6.39. The van der Waals surface area contributed by atoms with Gasteiger partial charge in [-0.1, -0.05) is 0 Å². The molecule has 9 heteroatoms. The van der Waals surface area contributed by atoms with Gasteiger partial charge in [-0.15, -0.1) is 11.3 Å². The highest BCUT2D eigenvalue weighted by Gasteiger charge is 2.20. The zero-order valence-electron chi connectivity index (χ0n) is 14.0. The molecule has 4 heterocycles. The van der Waals surface area contributed by atoms with Gasteiger partial charge < -0.3 is 15.0 Å². The Morgan fingerprint density at radius 3 is 2.85 bits per heavy atom. The Hall–Kier alpha value is -2.29. The number of aromatic nitrogens is 3. The van der Waals surface area contributed by atoms with Crippen LogP contribution in [0.15, 0.2) is 24.5 Å². The summed E-state index contributed by atoms with van der Waals surface area (Å²) in [5.74, 6) is 0.660. The number of carbonyl (C=O) groups excluding carboxylic acids is 1. The van der Waals surface area contributed by atoms with E-state index in [0.29, 0.717) is 18.8 Å². The van der Waals surface area contributed by atoms with Crippen LogP contribution in [-0.2, 0) is 4.74 Å². The van der Waals surface area contributed by atoms with E-state index in [1.165, 1.54) is 0 Å². The maximum atomic E-state index is 11.9. The Labute approximate surface area is 159 Å². The van der Waals surface area contributed by atoms with Crippen molar-refractivity contribution < 1.29 is 9.53 Å². The van der Waals surface area contributed by atoms with Crippen molar-refractivity contribution in [3.63, 3.8) is 0 Å². The van der Waals surface area contributed by atoms with Crippen molar-refractivity contribution in [1.82, 2.24) is 20.3 Å². The molecule has 0 atom stereocenters. The number of rotatable bonds is 3. The summed E-state index contributed by atoms with van der Waals surface area (Å²) in [6.45, 7) is 2.87. The first-order chi connectivity index (χ1) is 12.7. The van der Waals surface area contributed by atoms with Crippen LogP contribution in [-0.4, -0.2) is 54.2 Å². The van der Waals surface area contributed by atoms with Gasteiger partial charge in [0, 0.05) is 43.0 Å². The minimum absolute atomic E-state index is 0.169. The van der Waals surface area contributed by atoms with E-state index in [4.69, 9.17) is 16.3 Å². The first-order valence-electron chi connectivity index (χ1n) is 8.13. The van der Waals surface area contributed by atoms with Crippen molar-refractivity contribution in [2.45, 2.75) is 0 Å². The van der Waals surface area contributed by atoms with Gasteiger partial charge in [0.1, 0.15) is 0 Å². The van der Waals surface area contributed by atoms with Crippen molar-refractivity contribution in [2.75, 3.05) is 38.3 Å². The van der Waals surface area contributed by atoms with E-state index in [0.717, 1.165) is 39.6 Å². The summed E-state index contributed by atoms with van der Waals surface area (Å²) in [7, 11) is 1.60. The fraction of sp³-hybridized carbons (Fsp3) is 0.294. The third kappa shape index (κ3) is 3.23. The standard InChI is InChI=1S/C17H16ClN5O2S/c1-19-16(24)11-6-10(8-20-9-11)13-7-12-14(26-13)15(22-17(18)21-12)23-2-4-25-5-3-23/h6-9H,2-5H2,1H3,(H,19,24). The lowest BCUT2D eigenvalue weighted by atomic mass is 10.1. The van der Waals surface area contributed by atoms with Crippen LogP contribution in [0.5, 0.6) is 0 Å². The molecule has 0 aliphatic carbocycles. The Bertz CT molecular complexity index is 971. The van der Waals surface area contributed by atoms with Gasteiger partial charge in [-0.2, -0.15) is 4.98 Å². The highest BCUT2D eigenvalue weighted by molar-refractivity contribution is 7.22. The first-order valence-corrected chi connectivity index (χ1v) is 9.32. The summed E-state index contributed by atoms with van der Waals surface area (Å²) in [5, 5.41) is 2.84. The first kappa shape index (κ1) is 17.1. The number of nitrogens with one attached hydrogen (secondary N) is 1. The molecule has 3 aromatic heterocycles. The number of thiophene rings is 1. The molecule has 7 nitrogen and oxygen atoms in total. The zero-order chi connectivity index (χ0) is 18.1. The molecule has 134 valence electrons. The topological polar surface area (TPSA) is 80.2 Å². The summed E-state index contributed by atoms with van der Waals surface area (Å²) in [5.41, 5.74) is 2.16. The number of amides is 1. The lowest BCUT2D eigenvalue weighted by molar-refractivity contribution is 0.0962. The molecule has 1 saturated heterocycles. The number of hydrogen-bond acceptors (Lipinski definition) is 7. The Morgan fingerprint density at radius 1 is 1.27 bits per heavy atom. The van der Waals surface area contributed by atoms with E-state index in [9.17, 15) is 4.79 Å². The molecule has 1 amide bonds. The highest BCUT2D eigenvalue weighted by atomic mass is 35.5. The molecule has 4 rings (SSSR count). The number of pyridine rings is 1. The monoisotopic (exact) mass is 389 g/mol. The number of morpholine rings is 1. The molecule has 1 aliphatic heterocycles. The summed E-state index contributed by atoms with van der Waals surface area (Å²) >= 11 is 7.71. The normalized spacial score (nSPS) is 14.6. The average molecular weight is 390 g/mol. The summed E-state index contributed by atoms with van der Waals surface area (Å²) in [6, 6.07) is 3.78. The molecule has 1 N–H and O–H groups in total. The molecule has 0 unspecified atom stereocenters. The Morgan fingerprint density at radius 2 is 2.08 bits per heavy atom. The van der Waals surface area contributed by atoms with Crippen LogP contribution in [0.1, 0.15) is 10.4 Å². The van der Waals surface area contributed by atoms with E-state index < -0.39 is 0 Å². The lowest BCUT2D eigenvalue weighted by Gasteiger charge is -2.28. The van der Waals surface area contributed by atoms with Crippen molar-refractivity contribution in [2.24, 2.45) is 0 Å². The minimum Gasteiger partial charge on any atom is -0.378 e. The quantitative estimate of drug-likeness (QED) is 0.693. The van der Waals surface area contributed by atoms with Crippen LogP contribution in [0.4, 0.5) is 5.82 Å². The van der Waals surface area contributed by atoms with Gasteiger partial charge in [-0.05, 0) is 23.7 Å². The van der Waals surface area contributed by atoms with Gasteiger partial charge in [0.15, 0.2) is 5.82 Å². The lowest BCUT2D eigenvalue weighted by Crippen LogP contribution is -2.36. The molecular formula is C17H16ClN5O2S. The Balaban J connectivity index is 1.79. The van der Waals surface area contributed by atoms with E-state index >= 15 is 0 Å². The second kappa shape index (κ2) is 7.14. The Kier molecular flexibility index (Phi) is 4.71. The van der Waals surface area contributed by atoms with E-state index in [-0.39, 0.29) is 11.2 Å². The maximum Gasteiger partial charge on any atom is 0.252 e. The predicted octanol–water partition coefficient (Wildman–Crippen LogP) is 2.60. The van der Waals surface area contributed by atoms with Crippen molar-refractivity contribution >= 4 is 44.9 Å². The molecule has 26 heavy (non-hydrogen) atoms. The van der Waals surface area contributed by atoms with Crippen LogP contribution < -0.4 is 10.2 Å². The van der Waals surface area contributed by atoms with E-state index in [1.807, 2.05) is 12.1 Å². The molecule has 1 aliphatic rings. The predicted molar refractivity (Wildman–Crippen MR) is 102 cm³/mol. The van der Waals surface area contributed by atoms with Crippen LogP contribution in [0.2, 0.25) is 5.28 Å². The fourth-order valence-electron chi connectivity index (χ4n) is 2.86. The number of fused-ring (bicyclic) bond motifs is 1. The molecule has 3 aromatic rings. The SMILES string of the molecule is CNC(=O)c1cncc(-c2cc3nc(Cl)nc(N4CCOCC4)c3s2)c1. The largest absolute Gasteiger partial charge is 0.378 e. The summed E-state index contributed by atoms with van der Waals surface area (Å²) in [6.07, 6.45) is 3.28. The number of anilines is 1. The molecule has 0 saturated carbocycles. The number of ether oxygens (including phenoxy) is 1. The second-order valence-corrected chi connectivity index (χ2v) is 7.17. The molecule has 1 fully saturated rings. The molecule has 0 aromatic carbocycles. The molecule has 0 bridgehead atoms. The number of halogens is 1. The van der Waals surface area contributed by atoms with Gasteiger partial charge in [-0.25, -0.2) is 4.98 Å². The second-order valence-electron chi connectivity index (χ2n) is 5.78. The van der Waals surface area contributed by atoms with Crippen LogP contribution >= 0.6 is 22.9 Å². The van der Waals surface area contributed by atoms with Crippen molar-refractivity contribution in [1.29, 1.82) is 0 Å². The van der Waals surface area contributed by atoms with Gasteiger partial charge in [0.25, 0.3) is 5.91 Å². The van der Waals surface area contributed by atoms with E-state index in [2.05, 4.69) is 25.2 Å². The highest BCUT2D eigenvalue weighted by Crippen LogP contribution is 2.38. The minimum atomic E-state index is -0.169. The van der Waals surface area contributed by atoms with Crippen molar-refractivity contribution in [3.8, 4) is 10.4 Å². The number of nitrogens with zero attached hydrogens (tertiary/aromatic N) is 4. The summed E-state index contributed by atoms with van der Waals surface area (Å²) in [4.78, 5) is 28.0. The number of hydrogen-bond donors (Lipinski definition) is 1. The fourth-order valence-corrected chi connectivity index (χ4v) is 4.13. The number of carbonyl (C=O) groups is 1. The van der Waals surface area contributed by atoms with Gasteiger partial charge in [0.05, 0.1) is 29.0 Å². The maximum absolute atomic E-state index is 11.9. The third-order valence-electron chi connectivity index (χ3n) is 4.15. The van der Waals surface area contributed by atoms with E-state index in [1.54, 1.807) is 30.8 Å². The van der Waals surface area contributed by atoms with Crippen LogP contribution in [0.25, 0.3) is 20.7 Å². The van der Waals surface area contributed by atoms with Crippen molar-refractivity contribution in [3.05, 3.63) is 35.4 Å². The smallest absolute Gasteiger partial charge is 0.252 e. The van der Waals surface area contributed by atoms with Crippen LogP contribution in [0.3, 0.4) is 0 Å². The van der Waals surface area contributed by atoms with Crippen LogP contribution in [0, 0.1) is 0 Å². The molecule has 0 radical (unpaired) electrons. The average Bonchev–Trinajstić information content (AvgIpc) is 3.11.